The summed E-state index contributed by atoms with van der Waals surface area (Å²) in [4.78, 5) is 0. The van der Waals surface area contributed by atoms with Gasteiger partial charge in [0.15, 0.2) is 6.20 Å². The molecule has 6 aromatic rings. The lowest BCUT2D eigenvalue weighted by atomic mass is 9.93. The molecule has 0 bridgehead atoms. The summed E-state index contributed by atoms with van der Waals surface area (Å²) in [6.45, 7) is -2.92. The van der Waals surface area contributed by atoms with E-state index in [1.165, 1.54) is 0 Å². The first kappa shape index (κ1) is 14.3. The van der Waals surface area contributed by atoms with Crippen molar-refractivity contribution in [3.63, 3.8) is 0 Å². The van der Waals surface area contributed by atoms with Gasteiger partial charge in [-0.15, -0.1) is 0 Å². The number of rotatable bonds is 2. The van der Waals surface area contributed by atoms with Crippen LogP contribution in [0, 0.1) is 20.6 Å². The minimum Gasteiger partial charge on any atom is -0.455 e. The maximum atomic E-state index is 8.49. The van der Waals surface area contributed by atoms with E-state index < -0.39 is 13.7 Å². The van der Waals surface area contributed by atoms with Crippen LogP contribution in [-0.4, -0.2) is 0 Å². The molecule has 2 heterocycles. The molecule has 2 aromatic heterocycles. The van der Waals surface area contributed by atoms with Gasteiger partial charge >= 0.3 is 0 Å². The van der Waals surface area contributed by atoms with Crippen LogP contribution in [0.2, 0.25) is 0 Å². The number of furan rings is 1. The van der Waals surface area contributed by atoms with Crippen LogP contribution in [0.1, 0.15) is 24.9 Å². The Hall–Kier alpha value is -3.91. The highest BCUT2D eigenvalue weighted by molar-refractivity contribution is 6.16. The first-order chi connectivity index (χ1) is 18.4. The van der Waals surface area contributed by atoms with E-state index >= 15 is 0 Å². The van der Waals surface area contributed by atoms with Crippen molar-refractivity contribution >= 4 is 32.7 Å². The maximum Gasteiger partial charge on any atom is 0.213 e. The van der Waals surface area contributed by atoms with E-state index in [9.17, 15) is 0 Å². The molecule has 0 aliphatic heterocycles. The van der Waals surface area contributed by atoms with Crippen LogP contribution >= 0.6 is 0 Å². The highest BCUT2D eigenvalue weighted by atomic mass is 16.3. The highest BCUT2D eigenvalue weighted by Gasteiger charge is 2.22. The molecular weight excluding hydrogens is 402 g/mol. The van der Waals surface area contributed by atoms with Gasteiger partial charge in [-0.05, 0) is 60.4 Å². The summed E-state index contributed by atoms with van der Waals surface area (Å²) in [5.41, 5.74) is 4.92. The lowest BCUT2D eigenvalue weighted by Gasteiger charge is -2.12. The van der Waals surface area contributed by atoms with E-state index in [0.29, 0.717) is 38.9 Å². The maximum absolute atomic E-state index is 8.49. The number of aryl methyl sites for hydroxylation is 3. The number of fused-ring (bicyclic) bond motifs is 5. The molecule has 0 fully saturated rings. The number of hydrogen-bond acceptors (Lipinski definition) is 1. The van der Waals surface area contributed by atoms with Crippen molar-refractivity contribution in [3.05, 3.63) is 102 Å². The Morgan fingerprint density at radius 2 is 1.61 bits per heavy atom. The molecule has 0 aliphatic carbocycles. The average molecular weight is 435 g/mol. The molecule has 4 aromatic carbocycles. The zero-order valence-corrected chi connectivity index (χ0v) is 18.4. The monoisotopic (exact) mass is 434 g/mol. The molecule has 0 atom stereocenters. The van der Waals surface area contributed by atoms with Gasteiger partial charge in [-0.2, -0.15) is 0 Å². The smallest absolute Gasteiger partial charge is 0.213 e. The average Bonchev–Trinajstić information content (AvgIpc) is 3.26. The second kappa shape index (κ2) is 7.31. The molecule has 33 heavy (non-hydrogen) atoms. The molecular formula is C31H26NO+. The van der Waals surface area contributed by atoms with Crippen molar-refractivity contribution in [1.29, 1.82) is 0 Å². The predicted molar refractivity (Wildman–Crippen MR) is 137 cm³/mol. The molecule has 0 radical (unpaired) electrons. The summed E-state index contributed by atoms with van der Waals surface area (Å²) >= 11 is 0. The Labute approximate surface area is 202 Å². The minimum atomic E-state index is -2.40. The third kappa shape index (κ3) is 2.98. The molecule has 2 nitrogen and oxygen atoms in total. The Morgan fingerprint density at radius 3 is 2.42 bits per heavy atom. The van der Waals surface area contributed by atoms with E-state index in [1.54, 1.807) is 17.8 Å². The van der Waals surface area contributed by atoms with Crippen molar-refractivity contribution in [2.75, 3.05) is 0 Å². The number of pyridine rings is 1. The third-order valence-corrected chi connectivity index (χ3v) is 6.55. The molecule has 0 aliphatic rings. The topological polar surface area (TPSA) is 17.0 Å². The highest BCUT2D eigenvalue weighted by Crippen LogP contribution is 2.40. The molecule has 160 valence electrons. The molecule has 0 spiro atoms. The van der Waals surface area contributed by atoms with Crippen LogP contribution in [-0.2, 0) is 7.05 Å². The lowest BCUT2D eigenvalue weighted by Crippen LogP contribution is -2.31. The van der Waals surface area contributed by atoms with Crippen LogP contribution in [0.3, 0.4) is 0 Å². The first-order valence-corrected chi connectivity index (χ1v) is 10.9. The van der Waals surface area contributed by atoms with Gasteiger partial charge in [-0.3, -0.25) is 0 Å². The van der Waals surface area contributed by atoms with Crippen LogP contribution in [0.4, 0.5) is 0 Å². The molecule has 0 saturated carbocycles. The van der Waals surface area contributed by atoms with Crippen LogP contribution in [0.5, 0.6) is 0 Å². The normalized spacial score (nSPS) is 15.1. The van der Waals surface area contributed by atoms with Crippen LogP contribution in [0.15, 0.2) is 89.5 Å². The largest absolute Gasteiger partial charge is 0.455 e. The summed E-state index contributed by atoms with van der Waals surface area (Å²) in [5, 5.41) is 3.27. The van der Waals surface area contributed by atoms with Gasteiger partial charge in [-0.25, -0.2) is 4.57 Å². The predicted octanol–water partition coefficient (Wildman–Crippen LogP) is 7.82. The van der Waals surface area contributed by atoms with Crippen LogP contribution < -0.4 is 4.57 Å². The van der Waals surface area contributed by atoms with Gasteiger partial charge in [0, 0.05) is 36.0 Å². The van der Waals surface area contributed by atoms with Crippen molar-refractivity contribution in [2.24, 2.45) is 7.05 Å². The standard InChI is InChI=1S/C31H26NO/c1-19-18-32(4)28(16-26(19)22-10-6-5-7-11-22)27-17-29-30(21(3)20(27)2)25-15-14-23-12-8-9-13-24(23)31(25)33-29/h5-18H,1-4H3/q+1/i1D3,3D3. The number of benzene rings is 4. The van der Waals surface area contributed by atoms with Gasteiger partial charge in [0.2, 0.25) is 5.69 Å². The molecule has 0 amide bonds. The van der Waals surface area contributed by atoms with E-state index in [1.807, 2.05) is 85.8 Å². The Morgan fingerprint density at radius 1 is 0.788 bits per heavy atom. The van der Waals surface area contributed by atoms with E-state index in [-0.39, 0.29) is 11.1 Å². The Bertz CT molecular complexity index is 1900. The second-order valence-corrected chi connectivity index (χ2v) is 8.53. The van der Waals surface area contributed by atoms with Crippen molar-refractivity contribution in [2.45, 2.75) is 20.6 Å². The van der Waals surface area contributed by atoms with Crippen molar-refractivity contribution in [1.82, 2.24) is 0 Å². The summed E-state index contributed by atoms with van der Waals surface area (Å²) in [7, 11) is 1.78. The SMILES string of the molecule is [2H]C([2H])([2H])c1c[n+](C)c(-c2cc3oc4c5ccccc5ccc4c3c(C([2H])([2H])[2H])c2C)cc1-c1ccccc1. The van der Waals surface area contributed by atoms with E-state index in [2.05, 4.69) is 0 Å². The van der Waals surface area contributed by atoms with Crippen LogP contribution in [0.25, 0.3) is 55.1 Å². The summed E-state index contributed by atoms with van der Waals surface area (Å²) in [5.74, 6) is 0. The summed E-state index contributed by atoms with van der Waals surface area (Å²) in [6, 6.07) is 24.9. The van der Waals surface area contributed by atoms with Crippen molar-refractivity contribution < 1.29 is 17.2 Å². The zero-order valence-electron chi connectivity index (χ0n) is 24.4. The molecule has 0 unspecified atom stereocenters. The molecule has 2 heteroatoms. The van der Waals surface area contributed by atoms with Gasteiger partial charge < -0.3 is 4.42 Å². The Balaban J connectivity index is 1.72. The van der Waals surface area contributed by atoms with Crippen molar-refractivity contribution in [3.8, 4) is 22.4 Å². The first-order valence-electron chi connectivity index (χ1n) is 13.9. The van der Waals surface area contributed by atoms with Gasteiger partial charge in [-0.1, -0.05) is 60.7 Å². The van der Waals surface area contributed by atoms with Gasteiger partial charge in [0.1, 0.15) is 18.2 Å². The fraction of sp³-hybridized carbons (Fsp3) is 0.129. The fourth-order valence-corrected chi connectivity index (χ4v) is 4.80. The van der Waals surface area contributed by atoms with Gasteiger partial charge in [0.25, 0.3) is 0 Å². The van der Waals surface area contributed by atoms with Gasteiger partial charge in [0.05, 0.1) is 5.56 Å². The quantitative estimate of drug-likeness (QED) is 0.254. The lowest BCUT2D eigenvalue weighted by molar-refractivity contribution is -0.660. The number of nitrogens with zero attached hydrogens (tertiary/aromatic N) is 1. The Kier molecular flexibility index (Phi) is 3.17. The van der Waals surface area contributed by atoms with E-state index in [4.69, 9.17) is 12.6 Å². The second-order valence-electron chi connectivity index (χ2n) is 8.53. The summed E-state index contributed by atoms with van der Waals surface area (Å²) in [6.07, 6.45) is 1.62. The fourth-order valence-electron chi connectivity index (χ4n) is 4.80. The molecule has 0 N–H and O–H groups in total. The minimum absolute atomic E-state index is 0.227. The number of aromatic nitrogens is 1. The zero-order chi connectivity index (χ0) is 27.7. The number of hydrogen-bond donors (Lipinski definition) is 0. The molecule has 6 rings (SSSR count). The molecule has 0 saturated heterocycles. The third-order valence-electron chi connectivity index (χ3n) is 6.55. The van der Waals surface area contributed by atoms with E-state index in [0.717, 1.165) is 21.7 Å². The summed E-state index contributed by atoms with van der Waals surface area (Å²) < 4.78 is 58.1.